The molecule has 50 heavy (non-hydrogen) atoms. The number of rotatable bonds is 4. The molecule has 9 rings (SSSR count). The predicted molar refractivity (Wildman–Crippen MR) is 202 cm³/mol. The molecule has 0 saturated carbocycles. The first-order valence-corrected chi connectivity index (χ1v) is 16.3. The van der Waals surface area contributed by atoms with Crippen LogP contribution in [0.2, 0.25) is 0 Å². The number of para-hydroxylation sites is 3. The van der Waals surface area contributed by atoms with Crippen molar-refractivity contribution in [3.63, 3.8) is 0 Å². The van der Waals surface area contributed by atoms with E-state index in [0.717, 1.165) is 55.3 Å². The molecule has 5 nitrogen and oxygen atoms in total. The molecule has 0 fully saturated rings. The van der Waals surface area contributed by atoms with Crippen molar-refractivity contribution in [1.29, 1.82) is 10.5 Å². The number of hydrogen-bond acceptors (Lipinski definition) is 2. The molecule has 2 heterocycles. The molecule has 0 aliphatic carbocycles. The first kappa shape index (κ1) is 28.8. The lowest BCUT2D eigenvalue weighted by molar-refractivity contribution is 1.18. The number of fused-ring (bicyclic) bond motifs is 6. The predicted octanol–water partition coefficient (Wildman–Crippen LogP) is 11.5. The number of nitriles is 2. The maximum Gasteiger partial charge on any atom is 0.195 e. The summed E-state index contributed by atoms with van der Waals surface area (Å²) in [6.07, 6.45) is 0. The Bertz CT molecular complexity index is 2920. The highest BCUT2D eigenvalue weighted by atomic mass is 15.0. The van der Waals surface area contributed by atoms with Gasteiger partial charge in [0.1, 0.15) is 0 Å². The van der Waals surface area contributed by atoms with Crippen LogP contribution in [-0.2, 0) is 0 Å². The smallest absolute Gasteiger partial charge is 0.195 e. The largest absolute Gasteiger partial charge is 0.309 e. The first-order chi connectivity index (χ1) is 24.7. The fourth-order valence-electron chi connectivity index (χ4n) is 7.44. The van der Waals surface area contributed by atoms with E-state index in [1.807, 2.05) is 66.7 Å². The van der Waals surface area contributed by atoms with Gasteiger partial charge in [-0.3, -0.25) is 0 Å². The highest BCUT2D eigenvalue weighted by Gasteiger charge is 2.21. The van der Waals surface area contributed by atoms with Crippen LogP contribution in [-0.4, -0.2) is 9.13 Å². The normalized spacial score (nSPS) is 11.1. The van der Waals surface area contributed by atoms with Crippen LogP contribution >= 0.6 is 0 Å². The molecule has 0 saturated heterocycles. The van der Waals surface area contributed by atoms with Crippen LogP contribution < -0.4 is 0 Å². The van der Waals surface area contributed by atoms with Crippen molar-refractivity contribution in [2.45, 2.75) is 0 Å². The van der Waals surface area contributed by atoms with Gasteiger partial charge in [0, 0.05) is 32.8 Å². The summed E-state index contributed by atoms with van der Waals surface area (Å²) < 4.78 is 4.44. The molecule has 9 aromatic rings. The van der Waals surface area contributed by atoms with Crippen molar-refractivity contribution in [3.8, 4) is 45.8 Å². The molecule has 0 bridgehead atoms. The van der Waals surface area contributed by atoms with Crippen LogP contribution in [0, 0.1) is 29.2 Å². The summed E-state index contributed by atoms with van der Waals surface area (Å²) in [5.74, 6) is 0. The Hall–Kier alpha value is -7.39. The van der Waals surface area contributed by atoms with E-state index in [9.17, 15) is 10.5 Å². The first-order valence-electron chi connectivity index (χ1n) is 16.3. The molecule has 0 unspecified atom stereocenters. The summed E-state index contributed by atoms with van der Waals surface area (Å²) in [4.78, 5) is 3.94. The number of aromatic nitrogens is 2. The third-order valence-corrected chi connectivity index (χ3v) is 9.61. The molecule has 0 radical (unpaired) electrons. The van der Waals surface area contributed by atoms with Crippen molar-refractivity contribution >= 4 is 49.3 Å². The molecule has 0 atom stereocenters. The second-order valence-electron chi connectivity index (χ2n) is 12.3. The molecule has 0 aliphatic heterocycles. The van der Waals surface area contributed by atoms with Gasteiger partial charge >= 0.3 is 0 Å². The highest BCUT2D eigenvalue weighted by Crippen LogP contribution is 2.43. The van der Waals surface area contributed by atoms with Gasteiger partial charge in [0.15, 0.2) is 5.69 Å². The number of benzene rings is 7. The van der Waals surface area contributed by atoms with E-state index in [1.165, 1.54) is 10.8 Å². The second kappa shape index (κ2) is 11.4. The van der Waals surface area contributed by atoms with Gasteiger partial charge in [-0.2, -0.15) is 10.5 Å². The van der Waals surface area contributed by atoms with Crippen molar-refractivity contribution in [3.05, 3.63) is 174 Å². The summed E-state index contributed by atoms with van der Waals surface area (Å²) in [5, 5.41) is 24.5. The molecule has 230 valence electrons. The summed E-state index contributed by atoms with van der Waals surface area (Å²) >= 11 is 0. The third kappa shape index (κ3) is 4.31. The molecule has 0 spiro atoms. The molecule has 0 amide bonds. The van der Waals surface area contributed by atoms with Crippen LogP contribution in [0.3, 0.4) is 0 Å². The van der Waals surface area contributed by atoms with Crippen LogP contribution in [0.4, 0.5) is 5.69 Å². The Balaban J connectivity index is 1.27. The van der Waals surface area contributed by atoms with Gasteiger partial charge in [0.25, 0.3) is 0 Å². The Kier molecular flexibility index (Phi) is 6.56. The van der Waals surface area contributed by atoms with E-state index in [2.05, 4.69) is 111 Å². The van der Waals surface area contributed by atoms with Crippen LogP contribution in [0.15, 0.2) is 152 Å². The lowest BCUT2D eigenvalue weighted by Gasteiger charge is -2.18. The maximum absolute atomic E-state index is 10.5. The molecule has 5 heteroatoms. The standard InChI is InChI=1S/C45H25N5/c1-48-39-22-21-31(30-10-8-12-33(25-30)49-40-16-5-2-13-34(40)35-14-3-6-17-41(35)49)26-38(39)45-32(28-47)11-9-19-44(45)50-42-18-7-4-15-36(42)37-24-29(27-46)20-23-43(37)50/h2-26H. The van der Waals surface area contributed by atoms with Gasteiger partial charge in [-0.05, 0) is 77.4 Å². The Morgan fingerprint density at radius 2 is 1.12 bits per heavy atom. The third-order valence-electron chi connectivity index (χ3n) is 9.61. The van der Waals surface area contributed by atoms with Gasteiger partial charge in [0.2, 0.25) is 0 Å². The van der Waals surface area contributed by atoms with Crippen molar-refractivity contribution in [2.75, 3.05) is 0 Å². The molecule has 7 aromatic carbocycles. The topological polar surface area (TPSA) is 61.8 Å². The van der Waals surface area contributed by atoms with Gasteiger partial charge in [-0.15, -0.1) is 0 Å². The zero-order chi connectivity index (χ0) is 33.8. The molecular formula is C45H25N5. The minimum absolute atomic E-state index is 0.462. The van der Waals surface area contributed by atoms with Crippen molar-refractivity contribution in [1.82, 2.24) is 9.13 Å². The maximum atomic E-state index is 10.5. The monoisotopic (exact) mass is 635 g/mol. The molecular weight excluding hydrogens is 611 g/mol. The van der Waals surface area contributed by atoms with E-state index < -0.39 is 0 Å². The van der Waals surface area contributed by atoms with E-state index in [4.69, 9.17) is 6.57 Å². The Labute approximate surface area is 288 Å². The van der Waals surface area contributed by atoms with Crippen LogP contribution in [0.25, 0.3) is 82.1 Å². The SMILES string of the molecule is [C-]#[N+]c1ccc(-c2cccc(-n3c4ccccc4c4ccccc43)c2)cc1-c1c(C#N)cccc1-n1c2ccccc2c2cc(C#N)ccc21. The van der Waals surface area contributed by atoms with Crippen molar-refractivity contribution < 1.29 is 0 Å². The zero-order valence-electron chi connectivity index (χ0n) is 26.7. The van der Waals surface area contributed by atoms with E-state index in [1.54, 1.807) is 0 Å². The van der Waals surface area contributed by atoms with Crippen LogP contribution in [0.1, 0.15) is 11.1 Å². The minimum Gasteiger partial charge on any atom is -0.309 e. The van der Waals surface area contributed by atoms with E-state index in [-0.39, 0.29) is 0 Å². The molecule has 0 aliphatic rings. The quantitative estimate of drug-likeness (QED) is 0.181. The summed E-state index contributed by atoms with van der Waals surface area (Å²) in [6, 6.07) is 55.5. The summed E-state index contributed by atoms with van der Waals surface area (Å²) in [5.41, 5.74) is 10.8. The van der Waals surface area contributed by atoms with Gasteiger partial charge in [0.05, 0.1) is 57.6 Å². The zero-order valence-corrected chi connectivity index (χ0v) is 26.7. The van der Waals surface area contributed by atoms with Crippen LogP contribution in [0.5, 0.6) is 0 Å². The fraction of sp³-hybridized carbons (Fsp3) is 0. The fourth-order valence-corrected chi connectivity index (χ4v) is 7.44. The number of hydrogen-bond donors (Lipinski definition) is 0. The Morgan fingerprint density at radius 3 is 1.80 bits per heavy atom. The average Bonchev–Trinajstić information content (AvgIpc) is 3.70. The molecule has 2 aromatic heterocycles. The van der Waals surface area contributed by atoms with E-state index in [0.29, 0.717) is 27.9 Å². The lowest BCUT2D eigenvalue weighted by Crippen LogP contribution is -2.00. The van der Waals surface area contributed by atoms with Gasteiger partial charge < -0.3 is 9.13 Å². The minimum atomic E-state index is 0.462. The summed E-state index contributed by atoms with van der Waals surface area (Å²) in [6.45, 7) is 8.17. The Morgan fingerprint density at radius 1 is 0.500 bits per heavy atom. The average molecular weight is 636 g/mol. The number of nitrogens with zero attached hydrogens (tertiary/aromatic N) is 5. The van der Waals surface area contributed by atoms with Gasteiger partial charge in [-0.25, -0.2) is 4.85 Å². The van der Waals surface area contributed by atoms with E-state index >= 15 is 0 Å². The summed E-state index contributed by atoms with van der Waals surface area (Å²) in [7, 11) is 0. The highest BCUT2D eigenvalue weighted by molar-refractivity contribution is 6.11. The van der Waals surface area contributed by atoms with Gasteiger partial charge in [-0.1, -0.05) is 91.0 Å². The van der Waals surface area contributed by atoms with Crippen molar-refractivity contribution in [2.24, 2.45) is 0 Å². The lowest BCUT2D eigenvalue weighted by atomic mass is 9.93. The molecule has 0 N–H and O–H groups in total. The second-order valence-corrected chi connectivity index (χ2v) is 12.3.